The third kappa shape index (κ3) is 7.02. The topological polar surface area (TPSA) is 144 Å². The summed E-state index contributed by atoms with van der Waals surface area (Å²) in [5.41, 5.74) is -2.25. The molecule has 11 nitrogen and oxygen atoms in total. The van der Waals surface area contributed by atoms with Crippen molar-refractivity contribution in [2.75, 3.05) is 23.7 Å². The van der Waals surface area contributed by atoms with Crippen LogP contribution in [0.4, 0.5) is 19.3 Å². The number of carbonyl (C=O) groups is 2. The second-order valence-corrected chi connectivity index (χ2v) is 14.7. The Morgan fingerprint density at radius 3 is 2.61 bits per heavy atom. The number of carbonyl (C=O) groups excluding carboxylic acids is 2. The molecule has 2 amide bonds. The van der Waals surface area contributed by atoms with Crippen LogP contribution < -0.4 is 15.5 Å². The maximum atomic E-state index is 15.6. The van der Waals surface area contributed by atoms with Crippen LogP contribution in [0.2, 0.25) is 5.02 Å². The van der Waals surface area contributed by atoms with Crippen molar-refractivity contribution in [3.05, 3.63) is 58.7 Å². The normalized spacial score (nSPS) is 23.5. The molecular weight excluding hydrogens is 620 g/mol. The van der Waals surface area contributed by atoms with Gasteiger partial charge in [0, 0.05) is 18.1 Å². The quantitative estimate of drug-likeness (QED) is 0.406. The van der Waals surface area contributed by atoms with Crippen LogP contribution in [0.5, 0.6) is 0 Å². The van der Waals surface area contributed by atoms with E-state index in [1.807, 2.05) is 0 Å². The number of rotatable bonds is 5. The van der Waals surface area contributed by atoms with Crippen molar-refractivity contribution >= 4 is 39.1 Å². The van der Waals surface area contributed by atoms with Crippen LogP contribution in [0.3, 0.4) is 0 Å². The first kappa shape index (κ1) is 31.8. The van der Waals surface area contributed by atoms with E-state index in [1.165, 1.54) is 6.92 Å². The highest BCUT2D eigenvalue weighted by Gasteiger charge is 2.41. The van der Waals surface area contributed by atoms with Gasteiger partial charge in [-0.15, -0.1) is 10.2 Å². The highest BCUT2D eigenvalue weighted by atomic mass is 35.5. The maximum Gasteiger partial charge on any atom is 0.408 e. The number of piperidine rings is 1. The molecule has 2 unspecified atom stereocenters. The van der Waals surface area contributed by atoms with E-state index in [0.29, 0.717) is 17.1 Å². The Kier molecular flexibility index (Phi) is 8.46. The van der Waals surface area contributed by atoms with E-state index < -0.39 is 61.5 Å². The summed E-state index contributed by atoms with van der Waals surface area (Å²) in [7, 11) is -4.34. The Hall–Kier alpha value is -3.62. The summed E-state index contributed by atoms with van der Waals surface area (Å²) >= 11 is 6.03. The number of nitrogens with one attached hydrogen (secondary N) is 2. The highest BCUT2D eigenvalue weighted by molar-refractivity contribution is 7.91. The van der Waals surface area contributed by atoms with Gasteiger partial charge in [-0.05, 0) is 63.9 Å². The molecular formula is C29H32ClF2N5O6S. The molecule has 3 atom stereocenters. The Morgan fingerprint density at radius 2 is 1.95 bits per heavy atom. The van der Waals surface area contributed by atoms with Crippen molar-refractivity contribution in [2.24, 2.45) is 0 Å². The summed E-state index contributed by atoms with van der Waals surface area (Å²) in [4.78, 5) is 27.2. The van der Waals surface area contributed by atoms with Gasteiger partial charge in [0.15, 0.2) is 9.84 Å². The van der Waals surface area contributed by atoms with Crippen LogP contribution in [-0.4, -0.2) is 66.8 Å². The average molecular weight is 652 g/mol. The number of sulfone groups is 1. The van der Waals surface area contributed by atoms with Gasteiger partial charge in [-0.1, -0.05) is 23.7 Å². The Bertz CT molecular complexity index is 1690. The van der Waals surface area contributed by atoms with E-state index >= 15 is 4.39 Å². The van der Waals surface area contributed by atoms with Crippen molar-refractivity contribution in [2.45, 2.75) is 68.8 Å². The smallest absolute Gasteiger partial charge is 0.408 e. The summed E-state index contributed by atoms with van der Waals surface area (Å²) in [5, 5.41) is 13.7. The van der Waals surface area contributed by atoms with E-state index in [4.69, 9.17) is 20.8 Å². The largest absolute Gasteiger partial charge is 0.444 e. The van der Waals surface area contributed by atoms with Gasteiger partial charge in [-0.25, -0.2) is 22.0 Å². The van der Waals surface area contributed by atoms with E-state index in [-0.39, 0.29) is 42.5 Å². The van der Waals surface area contributed by atoms with Crippen LogP contribution in [0.1, 0.15) is 51.5 Å². The van der Waals surface area contributed by atoms with Crippen LogP contribution in [0.25, 0.3) is 11.5 Å². The van der Waals surface area contributed by atoms with Gasteiger partial charge in [0.1, 0.15) is 23.1 Å². The predicted octanol–water partition coefficient (Wildman–Crippen LogP) is 4.55. The monoisotopic (exact) mass is 651 g/mol. The fraction of sp³-hybridized carbons (Fsp3) is 0.448. The minimum absolute atomic E-state index is 0.0914. The van der Waals surface area contributed by atoms with Crippen LogP contribution in [0.15, 0.2) is 45.7 Å². The highest BCUT2D eigenvalue weighted by Crippen LogP contribution is 2.38. The van der Waals surface area contributed by atoms with Gasteiger partial charge in [0.25, 0.3) is 11.8 Å². The SMILES string of the molecule is CC1(F)CNCC(c2nnc(-c3cc4c(cc3F)S(=O)(=O)C[C@H](NC(=O)OC(C)(C)C)C(=O)N4Cc3ccc(Cl)cc3)o2)C1. The molecule has 0 radical (unpaired) electrons. The number of amides is 2. The fourth-order valence-electron chi connectivity index (χ4n) is 5.19. The number of hydrogen-bond donors (Lipinski definition) is 2. The predicted molar refractivity (Wildman–Crippen MR) is 157 cm³/mol. The molecule has 1 fully saturated rings. The Balaban J connectivity index is 1.57. The molecule has 2 aliphatic rings. The maximum absolute atomic E-state index is 15.6. The first-order valence-corrected chi connectivity index (χ1v) is 15.9. The zero-order valence-electron chi connectivity index (χ0n) is 24.5. The zero-order chi connectivity index (χ0) is 32.0. The lowest BCUT2D eigenvalue weighted by Crippen LogP contribution is -2.51. The number of halogens is 3. The summed E-state index contributed by atoms with van der Waals surface area (Å²) in [5.74, 6) is -3.24. The molecule has 3 aromatic rings. The molecule has 0 spiro atoms. The summed E-state index contributed by atoms with van der Waals surface area (Å²) in [6, 6.07) is 6.90. The van der Waals surface area contributed by atoms with E-state index in [1.54, 1.807) is 45.0 Å². The average Bonchev–Trinajstić information content (AvgIpc) is 3.38. The van der Waals surface area contributed by atoms with E-state index in [2.05, 4.69) is 20.8 Å². The Labute approximate surface area is 258 Å². The van der Waals surface area contributed by atoms with Crippen molar-refractivity contribution in [1.29, 1.82) is 0 Å². The molecule has 0 saturated carbocycles. The number of benzene rings is 2. The van der Waals surface area contributed by atoms with Gasteiger partial charge in [0.2, 0.25) is 5.89 Å². The third-order valence-corrected chi connectivity index (χ3v) is 9.17. The van der Waals surface area contributed by atoms with Crippen molar-refractivity contribution < 1.29 is 35.9 Å². The van der Waals surface area contributed by atoms with Crippen LogP contribution in [0, 0.1) is 5.82 Å². The van der Waals surface area contributed by atoms with Crippen LogP contribution in [-0.2, 0) is 25.9 Å². The lowest BCUT2D eigenvalue weighted by atomic mass is 9.89. The molecule has 236 valence electrons. The number of nitrogens with zero attached hydrogens (tertiary/aromatic N) is 3. The number of anilines is 1. The minimum Gasteiger partial charge on any atom is -0.444 e. The van der Waals surface area contributed by atoms with Crippen molar-refractivity contribution in [3.63, 3.8) is 0 Å². The zero-order valence-corrected chi connectivity index (χ0v) is 26.1. The van der Waals surface area contributed by atoms with Gasteiger partial charge in [-0.2, -0.15) is 0 Å². The molecule has 3 heterocycles. The van der Waals surface area contributed by atoms with Gasteiger partial charge in [-0.3, -0.25) is 4.79 Å². The molecule has 44 heavy (non-hydrogen) atoms. The van der Waals surface area contributed by atoms with Crippen molar-refractivity contribution in [1.82, 2.24) is 20.8 Å². The molecule has 5 rings (SSSR count). The summed E-state index contributed by atoms with van der Waals surface area (Å²) in [6.45, 7) is 6.71. The fourth-order valence-corrected chi connectivity index (χ4v) is 6.93. The van der Waals surface area contributed by atoms with Crippen molar-refractivity contribution in [3.8, 4) is 11.5 Å². The van der Waals surface area contributed by atoms with Gasteiger partial charge < -0.3 is 24.7 Å². The minimum atomic E-state index is -4.34. The molecule has 1 saturated heterocycles. The lowest BCUT2D eigenvalue weighted by molar-refractivity contribution is -0.120. The van der Waals surface area contributed by atoms with Crippen LogP contribution >= 0.6 is 11.6 Å². The molecule has 0 bridgehead atoms. The molecule has 0 aliphatic carbocycles. The first-order chi connectivity index (χ1) is 20.5. The number of alkyl halides is 1. The molecule has 2 aromatic carbocycles. The summed E-state index contributed by atoms with van der Waals surface area (Å²) in [6.07, 6.45) is -0.877. The number of aromatic nitrogens is 2. The second kappa shape index (κ2) is 11.7. The van der Waals surface area contributed by atoms with E-state index in [9.17, 15) is 22.4 Å². The Morgan fingerprint density at radius 1 is 1.25 bits per heavy atom. The number of ether oxygens (including phenoxy) is 1. The molecule has 2 aliphatic heterocycles. The number of fused-ring (bicyclic) bond motifs is 1. The van der Waals surface area contributed by atoms with E-state index in [0.717, 1.165) is 17.0 Å². The first-order valence-electron chi connectivity index (χ1n) is 13.9. The third-order valence-electron chi connectivity index (χ3n) is 7.15. The number of alkyl carbamates (subject to hydrolysis) is 1. The molecule has 15 heteroatoms. The molecule has 1 aromatic heterocycles. The van der Waals surface area contributed by atoms with Gasteiger partial charge in [0.05, 0.1) is 34.4 Å². The standard InChI is InChI=1S/C29H32ClF2N5O6S/c1-28(2,3)43-27(39)34-21-14-44(40,41)23-10-20(31)19(25-36-35-24(42-25)17-11-29(4,32)15-33-12-17)9-22(23)37(26(21)38)13-16-5-7-18(30)8-6-16/h5-10,17,21,33H,11-15H2,1-4H3,(H,34,39)/t17?,21-,29?/m0/s1. The number of hydrogen-bond acceptors (Lipinski definition) is 9. The second-order valence-electron chi connectivity index (χ2n) is 12.2. The summed E-state index contributed by atoms with van der Waals surface area (Å²) < 4.78 is 68.4. The molecule has 2 N–H and O–H groups in total. The lowest BCUT2D eigenvalue weighted by Gasteiger charge is -2.30. The van der Waals surface area contributed by atoms with Gasteiger partial charge >= 0.3 is 6.09 Å².